The van der Waals surface area contributed by atoms with E-state index in [2.05, 4.69) is 6.92 Å². The molecule has 4 atom stereocenters. The Kier molecular flexibility index (Phi) is 2.40. The van der Waals surface area contributed by atoms with Crippen LogP contribution in [0.2, 0.25) is 0 Å². The molecule has 2 aliphatic carbocycles. The van der Waals surface area contributed by atoms with Crippen LogP contribution in [0.3, 0.4) is 0 Å². The molecule has 1 nitrogen and oxygen atoms in total. The third-order valence-corrected chi connectivity index (χ3v) is 3.98. The fourth-order valence-electron chi connectivity index (χ4n) is 3.39. The Bertz CT molecular complexity index is 151. The van der Waals surface area contributed by atoms with Crippen molar-refractivity contribution in [2.75, 3.05) is 7.11 Å². The molecule has 0 amide bonds. The van der Waals surface area contributed by atoms with Crippen molar-refractivity contribution >= 4 is 0 Å². The first-order chi connectivity index (χ1) is 5.85. The third-order valence-electron chi connectivity index (χ3n) is 3.98. The second kappa shape index (κ2) is 3.37. The minimum absolute atomic E-state index is 0.556. The number of hydrogen-bond donors (Lipinski definition) is 0. The van der Waals surface area contributed by atoms with Crippen molar-refractivity contribution in [3.63, 3.8) is 0 Å². The van der Waals surface area contributed by atoms with E-state index in [0.717, 1.165) is 17.8 Å². The Balaban J connectivity index is 1.96. The molecular formula is C11H20O. The molecule has 1 heteroatoms. The number of fused-ring (bicyclic) bond motifs is 2. The summed E-state index contributed by atoms with van der Waals surface area (Å²) in [6.45, 7) is 2.25. The monoisotopic (exact) mass is 168 g/mol. The van der Waals surface area contributed by atoms with Crippen LogP contribution in [-0.4, -0.2) is 13.2 Å². The van der Waals surface area contributed by atoms with Crippen LogP contribution in [0.4, 0.5) is 0 Å². The van der Waals surface area contributed by atoms with Gasteiger partial charge in [0.2, 0.25) is 0 Å². The summed E-state index contributed by atoms with van der Waals surface area (Å²) in [5.41, 5.74) is 0. The van der Waals surface area contributed by atoms with Crippen LogP contribution >= 0.6 is 0 Å². The Morgan fingerprint density at radius 1 is 1.33 bits per heavy atom. The van der Waals surface area contributed by atoms with E-state index in [-0.39, 0.29) is 0 Å². The molecule has 0 radical (unpaired) electrons. The van der Waals surface area contributed by atoms with Gasteiger partial charge in [0.15, 0.2) is 0 Å². The maximum atomic E-state index is 5.54. The van der Waals surface area contributed by atoms with Crippen molar-refractivity contribution in [2.45, 2.75) is 45.1 Å². The Morgan fingerprint density at radius 3 is 2.58 bits per heavy atom. The predicted molar refractivity (Wildman–Crippen MR) is 50.0 cm³/mol. The summed E-state index contributed by atoms with van der Waals surface area (Å²) in [5, 5.41) is 0. The van der Waals surface area contributed by atoms with Crippen LogP contribution in [0.15, 0.2) is 0 Å². The van der Waals surface area contributed by atoms with Crippen molar-refractivity contribution in [1.82, 2.24) is 0 Å². The first kappa shape index (κ1) is 8.55. The van der Waals surface area contributed by atoms with Gasteiger partial charge in [0, 0.05) is 7.11 Å². The summed E-state index contributed by atoms with van der Waals surface area (Å²) < 4.78 is 5.54. The standard InChI is InChI=1S/C11H20O/c1-3-11(12-2)10-7-8-4-5-9(10)6-8/h8-11H,3-7H2,1-2H3. The molecule has 4 unspecified atom stereocenters. The van der Waals surface area contributed by atoms with E-state index in [1.54, 1.807) is 0 Å². The molecule has 2 bridgehead atoms. The minimum Gasteiger partial charge on any atom is -0.381 e. The van der Waals surface area contributed by atoms with Crippen LogP contribution in [0, 0.1) is 17.8 Å². The van der Waals surface area contributed by atoms with Gasteiger partial charge in [-0.2, -0.15) is 0 Å². The van der Waals surface area contributed by atoms with Gasteiger partial charge < -0.3 is 4.74 Å². The zero-order valence-corrected chi connectivity index (χ0v) is 8.25. The predicted octanol–water partition coefficient (Wildman–Crippen LogP) is 2.85. The third kappa shape index (κ3) is 1.28. The average Bonchev–Trinajstić information content (AvgIpc) is 2.67. The van der Waals surface area contributed by atoms with E-state index >= 15 is 0 Å². The first-order valence-electron chi connectivity index (χ1n) is 5.38. The van der Waals surface area contributed by atoms with Crippen molar-refractivity contribution in [3.8, 4) is 0 Å². The molecule has 0 saturated heterocycles. The molecule has 0 aromatic rings. The number of methoxy groups -OCH3 is 1. The topological polar surface area (TPSA) is 9.23 Å². The molecule has 2 fully saturated rings. The van der Waals surface area contributed by atoms with Gasteiger partial charge in [-0.15, -0.1) is 0 Å². The summed E-state index contributed by atoms with van der Waals surface area (Å²) in [5.74, 6) is 2.97. The maximum Gasteiger partial charge on any atom is 0.0599 e. The molecule has 0 aromatic heterocycles. The maximum absolute atomic E-state index is 5.54. The van der Waals surface area contributed by atoms with Gasteiger partial charge in [-0.1, -0.05) is 13.3 Å². The van der Waals surface area contributed by atoms with Gasteiger partial charge in [-0.25, -0.2) is 0 Å². The highest BCUT2D eigenvalue weighted by Crippen LogP contribution is 2.50. The molecular weight excluding hydrogens is 148 g/mol. The van der Waals surface area contributed by atoms with E-state index in [4.69, 9.17) is 4.74 Å². The summed E-state index contributed by atoms with van der Waals surface area (Å²) in [4.78, 5) is 0. The quantitative estimate of drug-likeness (QED) is 0.629. The molecule has 2 saturated carbocycles. The lowest BCUT2D eigenvalue weighted by Crippen LogP contribution is -2.26. The van der Waals surface area contributed by atoms with Gasteiger partial charge in [0.1, 0.15) is 0 Å². The zero-order valence-electron chi connectivity index (χ0n) is 8.25. The van der Waals surface area contributed by atoms with Crippen LogP contribution in [-0.2, 0) is 4.74 Å². The highest BCUT2D eigenvalue weighted by molar-refractivity contribution is 4.92. The fourth-order valence-corrected chi connectivity index (χ4v) is 3.39. The molecule has 0 aromatic carbocycles. The highest BCUT2D eigenvalue weighted by Gasteiger charge is 2.42. The lowest BCUT2D eigenvalue weighted by atomic mass is 9.84. The van der Waals surface area contributed by atoms with E-state index in [1.807, 2.05) is 7.11 Å². The Morgan fingerprint density at radius 2 is 2.17 bits per heavy atom. The molecule has 0 N–H and O–H groups in total. The Labute approximate surface area is 75.5 Å². The number of ether oxygens (including phenoxy) is 1. The normalized spacial score (nSPS) is 42.0. The van der Waals surface area contributed by atoms with Gasteiger partial charge in [-0.05, 0) is 43.4 Å². The summed E-state index contributed by atoms with van der Waals surface area (Å²) >= 11 is 0. The van der Waals surface area contributed by atoms with Gasteiger partial charge >= 0.3 is 0 Å². The average molecular weight is 168 g/mol. The van der Waals surface area contributed by atoms with E-state index in [9.17, 15) is 0 Å². The molecule has 0 aliphatic heterocycles. The Hall–Kier alpha value is -0.0400. The fraction of sp³-hybridized carbons (Fsp3) is 1.00. The van der Waals surface area contributed by atoms with E-state index in [0.29, 0.717) is 6.10 Å². The van der Waals surface area contributed by atoms with Crippen molar-refractivity contribution in [2.24, 2.45) is 17.8 Å². The smallest absolute Gasteiger partial charge is 0.0599 e. The van der Waals surface area contributed by atoms with Gasteiger partial charge in [0.25, 0.3) is 0 Å². The summed E-state index contributed by atoms with van der Waals surface area (Å²) in [6, 6.07) is 0. The van der Waals surface area contributed by atoms with Crippen molar-refractivity contribution in [3.05, 3.63) is 0 Å². The number of rotatable bonds is 3. The molecule has 70 valence electrons. The highest BCUT2D eigenvalue weighted by atomic mass is 16.5. The largest absolute Gasteiger partial charge is 0.381 e. The van der Waals surface area contributed by atoms with Crippen molar-refractivity contribution < 1.29 is 4.74 Å². The lowest BCUT2D eigenvalue weighted by Gasteiger charge is -2.28. The molecule has 0 spiro atoms. The minimum atomic E-state index is 0.556. The van der Waals surface area contributed by atoms with Crippen LogP contribution < -0.4 is 0 Å². The molecule has 12 heavy (non-hydrogen) atoms. The molecule has 2 aliphatic rings. The molecule has 2 rings (SSSR count). The van der Waals surface area contributed by atoms with Crippen LogP contribution in [0.25, 0.3) is 0 Å². The summed E-state index contributed by atoms with van der Waals surface area (Å²) in [6.07, 6.45) is 7.70. The zero-order chi connectivity index (χ0) is 8.55. The van der Waals surface area contributed by atoms with Crippen LogP contribution in [0.1, 0.15) is 39.0 Å². The van der Waals surface area contributed by atoms with E-state index < -0.39 is 0 Å². The van der Waals surface area contributed by atoms with Gasteiger partial charge in [0.05, 0.1) is 6.10 Å². The van der Waals surface area contributed by atoms with Crippen molar-refractivity contribution in [1.29, 1.82) is 0 Å². The van der Waals surface area contributed by atoms with Crippen LogP contribution in [0.5, 0.6) is 0 Å². The SMILES string of the molecule is CCC(OC)C1CC2CCC1C2. The van der Waals surface area contributed by atoms with Gasteiger partial charge in [-0.3, -0.25) is 0 Å². The second-order valence-corrected chi connectivity index (χ2v) is 4.52. The summed E-state index contributed by atoms with van der Waals surface area (Å²) in [7, 11) is 1.88. The second-order valence-electron chi connectivity index (χ2n) is 4.52. The number of hydrogen-bond acceptors (Lipinski definition) is 1. The first-order valence-corrected chi connectivity index (χ1v) is 5.38. The van der Waals surface area contributed by atoms with E-state index in [1.165, 1.54) is 32.1 Å². The lowest BCUT2D eigenvalue weighted by molar-refractivity contribution is 0.0264. The molecule has 0 heterocycles.